The Morgan fingerprint density at radius 1 is 1.20 bits per heavy atom. The Bertz CT molecular complexity index is 91.7. The van der Waals surface area contributed by atoms with Crippen molar-refractivity contribution in [3.63, 3.8) is 0 Å². The number of rotatable bonds is 2. The maximum absolute atomic E-state index is 11.9. The Labute approximate surface area is 58.6 Å². The van der Waals surface area contributed by atoms with Crippen LogP contribution in [0.3, 0.4) is 0 Å². The number of hydrogen-bond donors (Lipinski definition) is 1. The molecular formula is C6H11F2NO. The second kappa shape index (κ2) is 3.83. The van der Waals surface area contributed by atoms with Gasteiger partial charge >= 0.3 is 0 Å². The van der Waals surface area contributed by atoms with E-state index >= 15 is 0 Å². The molecule has 0 aromatic heterocycles. The molecule has 1 fully saturated rings. The maximum atomic E-state index is 11.9. The zero-order chi connectivity index (χ0) is 7.40. The zero-order valence-corrected chi connectivity index (χ0v) is 5.65. The van der Waals surface area contributed by atoms with Crippen molar-refractivity contribution in [2.24, 2.45) is 0 Å². The summed E-state index contributed by atoms with van der Waals surface area (Å²) in [6.45, 7) is -0.0903. The molecule has 1 rings (SSSR count). The lowest BCUT2D eigenvalue weighted by Gasteiger charge is -2.27. The van der Waals surface area contributed by atoms with E-state index in [1.54, 1.807) is 0 Å². The van der Waals surface area contributed by atoms with Crippen LogP contribution in [0.25, 0.3) is 0 Å². The Morgan fingerprint density at radius 2 is 1.70 bits per heavy atom. The summed E-state index contributed by atoms with van der Waals surface area (Å²) in [6.07, 6.45) is -0.899. The summed E-state index contributed by atoms with van der Waals surface area (Å²) in [5, 5.41) is 2.88. The highest BCUT2D eigenvalue weighted by Gasteiger charge is 2.21. The first-order valence-electron chi connectivity index (χ1n) is 3.35. The van der Waals surface area contributed by atoms with Gasteiger partial charge in [-0.1, -0.05) is 0 Å². The summed E-state index contributed by atoms with van der Waals surface area (Å²) in [5.41, 5.74) is 0. The van der Waals surface area contributed by atoms with E-state index < -0.39 is 25.6 Å². The third kappa shape index (κ3) is 1.88. The van der Waals surface area contributed by atoms with Gasteiger partial charge in [-0.2, -0.15) is 0 Å². The fraction of sp³-hybridized carbons (Fsp3) is 1.00. The summed E-state index contributed by atoms with van der Waals surface area (Å²) in [5.74, 6) is 0. The zero-order valence-electron chi connectivity index (χ0n) is 5.65. The van der Waals surface area contributed by atoms with Crippen molar-refractivity contribution in [3.8, 4) is 0 Å². The van der Waals surface area contributed by atoms with E-state index in [0.717, 1.165) is 0 Å². The quantitative estimate of drug-likeness (QED) is 0.612. The molecule has 60 valence electrons. The summed E-state index contributed by atoms with van der Waals surface area (Å²) in [7, 11) is 0. The summed E-state index contributed by atoms with van der Waals surface area (Å²) in [6, 6.07) is 0. The van der Waals surface area contributed by atoms with E-state index in [9.17, 15) is 8.78 Å². The molecule has 0 aromatic rings. The molecule has 1 N–H and O–H groups in total. The van der Waals surface area contributed by atoms with Crippen molar-refractivity contribution >= 4 is 0 Å². The molecule has 0 bridgehead atoms. The normalized spacial score (nSPS) is 34.2. The van der Waals surface area contributed by atoms with E-state index in [0.29, 0.717) is 13.1 Å². The highest BCUT2D eigenvalue weighted by Crippen LogP contribution is 2.04. The predicted octanol–water partition coefficient (Wildman–Crippen LogP) is 0.282. The average molecular weight is 151 g/mol. The molecule has 2 atom stereocenters. The summed E-state index contributed by atoms with van der Waals surface area (Å²) in [4.78, 5) is 0. The number of ether oxygens (including phenoxy) is 1. The molecule has 0 saturated carbocycles. The van der Waals surface area contributed by atoms with Crippen LogP contribution in [0.1, 0.15) is 0 Å². The lowest BCUT2D eigenvalue weighted by atomic mass is 10.2. The van der Waals surface area contributed by atoms with Gasteiger partial charge < -0.3 is 10.1 Å². The van der Waals surface area contributed by atoms with E-state index in [-0.39, 0.29) is 0 Å². The van der Waals surface area contributed by atoms with Gasteiger partial charge in [0.15, 0.2) is 0 Å². The minimum Gasteiger partial charge on any atom is -0.367 e. The molecule has 1 heterocycles. The van der Waals surface area contributed by atoms with Crippen LogP contribution >= 0.6 is 0 Å². The van der Waals surface area contributed by atoms with Gasteiger partial charge in [0.05, 0.1) is 12.2 Å². The first-order valence-corrected chi connectivity index (χ1v) is 3.35. The van der Waals surface area contributed by atoms with Crippen LogP contribution in [0.15, 0.2) is 0 Å². The lowest BCUT2D eigenvalue weighted by molar-refractivity contribution is -0.0556. The minimum atomic E-state index is -0.538. The van der Waals surface area contributed by atoms with Crippen molar-refractivity contribution in [2.75, 3.05) is 26.4 Å². The van der Waals surface area contributed by atoms with Crippen LogP contribution in [0.2, 0.25) is 0 Å². The predicted molar refractivity (Wildman–Crippen MR) is 33.5 cm³/mol. The van der Waals surface area contributed by atoms with E-state index in [2.05, 4.69) is 5.32 Å². The highest BCUT2D eigenvalue weighted by atomic mass is 19.1. The molecule has 0 amide bonds. The summed E-state index contributed by atoms with van der Waals surface area (Å²) < 4.78 is 28.8. The van der Waals surface area contributed by atoms with E-state index in [4.69, 9.17) is 4.74 Å². The minimum absolute atomic E-state index is 0.450. The van der Waals surface area contributed by atoms with Crippen molar-refractivity contribution in [1.82, 2.24) is 5.32 Å². The SMILES string of the molecule is FC[C@@H]1CNC[C@H](CF)O1. The van der Waals surface area contributed by atoms with Crippen LogP contribution in [0, 0.1) is 0 Å². The molecule has 0 aliphatic carbocycles. The third-order valence-corrected chi connectivity index (χ3v) is 1.47. The summed E-state index contributed by atoms with van der Waals surface area (Å²) >= 11 is 0. The molecule has 1 saturated heterocycles. The molecule has 0 spiro atoms. The van der Waals surface area contributed by atoms with Crippen LogP contribution in [0.4, 0.5) is 8.78 Å². The van der Waals surface area contributed by atoms with Gasteiger partial charge in [0.25, 0.3) is 0 Å². The van der Waals surface area contributed by atoms with Crippen LogP contribution < -0.4 is 5.32 Å². The molecule has 0 radical (unpaired) electrons. The molecule has 10 heavy (non-hydrogen) atoms. The van der Waals surface area contributed by atoms with Crippen LogP contribution in [-0.2, 0) is 4.74 Å². The standard InChI is InChI=1S/C6H11F2NO/c7-1-5-3-9-4-6(2-8)10-5/h5-6,9H,1-4H2/t5-,6+. The Hall–Kier alpha value is -0.220. The molecule has 0 aromatic carbocycles. The fourth-order valence-electron chi connectivity index (χ4n) is 0.956. The molecule has 2 nitrogen and oxygen atoms in total. The largest absolute Gasteiger partial charge is 0.367 e. The molecule has 0 unspecified atom stereocenters. The smallest absolute Gasteiger partial charge is 0.117 e. The van der Waals surface area contributed by atoms with Crippen LogP contribution in [-0.4, -0.2) is 38.6 Å². The number of nitrogens with one attached hydrogen (secondary N) is 1. The number of morpholine rings is 1. The average Bonchev–Trinajstić information content (AvgIpc) is 2.05. The first-order chi connectivity index (χ1) is 4.86. The molecule has 1 aliphatic heterocycles. The van der Waals surface area contributed by atoms with Crippen LogP contribution in [0.5, 0.6) is 0 Å². The van der Waals surface area contributed by atoms with Gasteiger partial charge in [0, 0.05) is 13.1 Å². The van der Waals surface area contributed by atoms with Gasteiger partial charge in [0.1, 0.15) is 13.3 Å². The van der Waals surface area contributed by atoms with Gasteiger partial charge in [-0.25, -0.2) is 8.78 Å². The topological polar surface area (TPSA) is 21.3 Å². The van der Waals surface area contributed by atoms with E-state index in [1.165, 1.54) is 0 Å². The van der Waals surface area contributed by atoms with Crippen molar-refractivity contribution < 1.29 is 13.5 Å². The second-order valence-electron chi connectivity index (χ2n) is 2.35. The van der Waals surface area contributed by atoms with Gasteiger partial charge in [-0.3, -0.25) is 0 Å². The van der Waals surface area contributed by atoms with Gasteiger partial charge in [0.2, 0.25) is 0 Å². The highest BCUT2D eigenvalue weighted by molar-refractivity contribution is 4.72. The number of hydrogen-bond acceptors (Lipinski definition) is 2. The van der Waals surface area contributed by atoms with Crippen molar-refractivity contribution in [1.29, 1.82) is 0 Å². The third-order valence-electron chi connectivity index (χ3n) is 1.47. The molecule has 1 aliphatic rings. The molecule has 4 heteroatoms. The number of alkyl halides is 2. The second-order valence-corrected chi connectivity index (χ2v) is 2.35. The van der Waals surface area contributed by atoms with Crippen molar-refractivity contribution in [3.05, 3.63) is 0 Å². The fourth-order valence-corrected chi connectivity index (χ4v) is 0.956. The van der Waals surface area contributed by atoms with Gasteiger partial charge in [-0.05, 0) is 0 Å². The number of halogens is 2. The van der Waals surface area contributed by atoms with Gasteiger partial charge in [-0.15, -0.1) is 0 Å². The first kappa shape index (κ1) is 7.88. The van der Waals surface area contributed by atoms with Crippen molar-refractivity contribution in [2.45, 2.75) is 12.2 Å². The molecular weight excluding hydrogens is 140 g/mol. The Morgan fingerprint density at radius 3 is 2.10 bits per heavy atom. The Balaban J connectivity index is 2.25. The Kier molecular flexibility index (Phi) is 3.02. The monoisotopic (exact) mass is 151 g/mol. The maximum Gasteiger partial charge on any atom is 0.117 e. The van der Waals surface area contributed by atoms with E-state index in [1.807, 2.05) is 0 Å². The lowest BCUT2D eigenvalue weighted by Crippen LogP contribution is -2.46.